The Morgan fingerprint density at radius 3 is 2.51 bits per heavy atom. The molecule has 41 heavy (non-hydrogen) atoms. The average Bonchev–Trinajstić information content (AvgIpc) is 3.32. The molecule has 3 N–H and O–H groups in total. The second-order valence-corrected chi connectivity index (χ2v) is 12.9. The Hall–Kier alpha value is -3.53. The number of rotatable bonds is 13. The number of aromatic nitrogens is 4. The van der Waals surface area contributed by atoms with Crippen LogP contribution in [0.2, 0.25) is 0 Å². The summed E-state index contributed by atoms with van der Waals surface area (Å²) < 4.78 is 69.9. The molecule has 2 aromatic heterocycles. The number of fused-ring (bicyclic) bond motifs is 1. The van der Waals surface area contributed by atoms with Gasteiger partial charge < -0.3 is 24.3 Å². The summed E-state index contributed by atoms with van der Waals surface area (Å²) in [5.41, 5.74) is 5.20. The van der Waals surface area contributed by atoms with Crippen molar-refractivity contribution in [1.82, 2.24) is 24.6 Å². The van der Waals surface area contributed by atoms with Gasteiger partial charge in [0, 0.05) is 6.16 Å². The lowest BCUT2D eigenvalue weighted by molar-refractivity contribution is -0.153. The normalized spacial score (nSPS) is 15.2. The van der Waals surface area contributed by atoms with Gasteiger partial charge in [-0.15, -0.1) is 0 Å². The minimum Gasteiger partial charge on any atom is -0.465 e. The van der Waals surface area contributed by atoms with Gasteiger partial charge in [-0.3, -0.25) is 4.79 Å². The van der Waals surface area contributed by atoms with E-state index < -0.39 is 49.5 Å². The molecule has 0 bridgehead atoms. The SMILES string of the molecule is [C-]#[N+]c1ccc([C@H](NP(=O)(CO[C@H](C)Cn2cnc3c(N)ncnc32)CC(C)(C)C(=O)OCCC)C(F)(F)F)cc1. The molecule has 0 aliphatic rings. The van der Waals surface area contributed by atoms with Crippen LogP contribution in [-0.2, 0) is 25.4 Å². The first-order chi connectivity index (χ1) is 19.2. The van der Waals surface area contributed by atoms with E-state index in [4.69, 9.17) is 21.8 Å². The Kier molecular flexibility index (Phi) is 10.1. The van der Waals surface area contributed by atoms with Crippen molar-refractivity contribution in [2.75, 3.05) is 24.9 Å². The second-order valence-electron chi connectivity index (χ2n) is 10.3. The van der Waals surface area contributed by atoms with Crippen LogP contribution in [0.3, 0.4) is 0 Å². The van der Waals surface area contributed by atoms with Crippen molar-refractivity contribution >= 4 is 35.9 Å². The lowest BCUT2D eigenvalue weighted by atomic mass is 9.97. The number of hydrogen-bond acceptors (Lipinski definition) is 8. The van der Waals surface area contributed by atoms with E-state index in [-0.39, 0.29) is 30.2 Å². The van der Waals surface area contributed by atoms with Crippen LogP contribution in [0.15, 0.2) is 36.9 Å². The lowest BCUT2D eigenvalue weighted by Gasteiger charge is -2.33. The molecule has 3 atom stereocenters. The highest BCUT2D eigenvalue weighted by Gasteiger charge is 2.47. The zero-order valence-electron chi connectivity index (χ0n) is 23.2. The van der Waals surface area contributed by atoms with E-state index in [0.29, 0.717) is 17.6 Å². The number of carbonyl (C=O) groups is 1. The first-order valence-electron chi connectivity index (χ1n) is 12.8. The predicted molar refractivity (Wildman–Crippen MR) is 147 cm³/mol. The summed E-state index contributed by atoms with van der Waals surface area (Å²) in [6.45, 7) is 13.8. The summed E-state index contributed by atoms with van der Waals surface area (Å²) >= 11 is 0. The molecule has 2 heterocycles. The molecule has 15 heteroatoms. The number of nitrogens with two attached hydrogens (primary N) is 1. The summed E-state index contributed by atoms with van der Waals surface area (Å²) in [7, 11) is -4.09. The molecule has 0 amide bonds. The fourth-order valence-corrected chi connectivity index (χ4v) is 7.07. The van der Waals surface area contributed by atoms with Crippen LogP contribution in [0.1, 0.15) is 45.7 Å². The van der Waals surface area contributed by atoms with Crippen molar-refractivity contribution in [2.45, 2.75) is 59.0 Å². The van der Waals surface area contributed by atoms with E-state index in [1.807, 2.05) is 0 Å². The summed E-state index contributed by atoms with van der Waals surface area (Å²) in [4.78, 5) is 28.2. The highest BCUT2D eigenvalue weighted by molar-refractivity contribution is 7.61. The Labute approximate surface area is 235 Å². The van der Waals surface area contributed by atoms with E-state index >= 15 is 0 Å². The molecule has 0 aliphatic carbocycles. The number of esters is 1. The van der Waals surface area contributed by atoms with Crippen molar-refractivity contribution in [3.63, 3.8) is 0 Å². The minimum atomic E-state index is -4.84. The fourth-order valence-electron chi connectivity index (χ4n) is 4.14. The Balaban J connectivity index is 1.88. The van der Waals surface area contributed by atoms with E-state index in [2.05, 4.69) is 24.9 Å². The van der Waals surface area contributed by atoms with Gasteiger partial charge in [0.2, 0.25) is 0 Å². The van der Waals surface area contributed by atoms with E-state index in [1.165, 1.54) is 38.6 Å². The van der Waals surface area contributed by atoms with Gasteiger partial charge in [-0.1, -0.05) is 31.2 Å². The van der Waals surface area contributed by atoms with Crippen LogP contribution in [-0.4, -0.2) is 56.9 Å². The number of imidazole rings is 1. The van der Waals surface area contributed by atoms with Crippen LogP contribution >= 0.6 is 7.29 Å². The van der Waals surface area contributed by atoms with Gasteiger partial charge in [0.15, 0.2) is 24.4 Å². The summed E-state index contributed by atoms with van der Waals surface area (Å²) in [5.74, 6) is -0.489. The van der Waals surface area contributed by atoms with Crippen LogP contribution in [0, 0.1) is 12.0 Å². The van der Waals surface area contributed by atoms with E-state index in [1.54, 1.807) is 18.4 Å². The molecule has 0 fully saturated rings. The van der Waals surface area contributed by atoms with Crippen molar-refractivity contribution in [2.24, 2.45) is 5.41 Å². The number of nitrogen functional groups attached to an aromatic ring is 1. The molecule has 3 rings (SSSR count). The third-order valence-corrected chi connectivity index (χ3v) is 8.74. The number of anilines is 1. The Morgan fingerprint density at radius 1 is 1.22 bits per heavy atom. The number of benzene rings is 1. The molecule has 0 saturated heterocycles. The van der Waals surface area contributed by atoms with Crippen LogP contribution in [0.5, 0.6) is 0 Å². The molecular weight excluding hydrogens is 562 g/mol. The number of halogens is 3. The Morgan fingerprint density at radius 2 is 1.90 bits per heavy atom. The number of ether oxygens (including phenoxy) is 2. The summed E-state index contributed by atoms with van der Waals surface area (Å²) in [5, 5.41) is 2.31. The van der Waals surface area contributed by atoms with Crippen molar-refractivity contribution in [1.29, 1.82) is 0 Å². The summed E-state index contributed by atoms with van der Waals surface area (Å²) in [6, 6.07) is 2.48. The third-order valence-electron chi connectivity index (χ3n) is 6.14. The molecule has 0 saturated carbocycles. The molecule has 0 aliphatic heterocycles. The standard InChI is InChI=1S/C26H33F3N7O4P/c1-6-11-39-24(37)25(3,4)13-41(38,35-21(26(27,28)29)18-7-9-19(31-5)10-8-18)16-40-17(2)12-36-15-34-20-22(30)32-14-33-23(20)36/h7-10,14-15,17,21H,6,11-13,16H2,1-4H3,(H,35,38)(H2,30,32,33)/t17-,21+,41?/m1/s1. The van der Waals surface area contributed by atoms with Gasteiger partial charge in [-0.2, -0.15) is 13.2 Å². The van der Waals surface area contributed by atoms with Gasteiger partial charge in [-0.25, -0.2) is 24.9 Å². The van der Waals surface area contributed by atoms with Crippen LogP contribution in [0.25, 0.3) is 16.0 Å². The minimum absolute atomic E-state index is 0.124. The smallest absolute Gasteiger partial charge is 0.408 e. The van der Waals surface area contributed by atoms with Gasteiger partial charge in [0.25, 0.3) is 0 Å². The maximum atomic E-state index is 14.3. The highest BCUT2D eigenvalue weighted by Crippen LogP contribution is 2.51. The van der Waals surface area contributed by atoms with Crippen molar-refractivity contribution in [3.8, 4) is 0 Å². The number of carbonyl (C=O) groups excluding carboxylic acids is 1. The molecule has 0 spiro atoms. The molecule has 11 nitrogen and oxygen atoms in total. The first-order valence-corrected chi connectivity index (χ1v) is 14.9. The lowest BCUT2D eigenvalue weighted by Crippen LogP contribution is -2.38. The van der Waals surface area contributed by atoms with Gasteiger partial charge in [-0.05, 0) is 32.8 Å². The molecular formula is C26H33F3N7O4P. The van der Waals surface area contributed by atoms with Gasteiger partial charge in [0.05, 0.1) is 37.6 Å². The van der Waals surface area contributed by atoms with Crippen molar-refractivity contribution in [3.05, 3.63) is 53.9 Å². The monoisotopic (exact) mass is 595 g/mol. The largest absolute Gasteiger partial charge is 0.465 e. The first kappa shape index (κ1) is 32.0. The maximum absolute atomic E-state index is 14.3. The molecule has 0 radical (unpaired) electrons. The fraction of sp³-hybridized carbons (Fsp3) is 0.500. The average molecular weight is 596 g/mol. The van der Waals surface area contributed by atoms with Gasteiger partial charge in [0.1, 0.15) is 24.2 Å². The molecule has 1 unspecified atom stereocenters. The molecule has 1 aromatic carbocycles. The Bertz CT molecular complexity index is 1440. The van der Waals surface area contributed by atoms with E-state index in [9.17, 15) is 22.5 Å². The molecule has 3 aromatic rings. The quantitative estimate of drug-likeness (QED) is 0.150. The number of alkyl halides is 3. The number of hydrogen-bond donors (Lipinski definition) is 2. The maximum Gasteiger partial charge on any atom is 0.408 e. The second kappa shape index (κ2) is 13.0. The van der Waals surface area contributed by atoms with Crippen molar-refractivity contribution < 1.29 is 32.0 Å². The number of nitrogens with zero attached hydrogens (tertiary/aromatic N) is 5. The third kappa shape index (κ3) is 8.25. The highest BCUT2D eigenvalue weighted by atomic mass is 31.2. The van der Waals surface area contributed by atoms with E-state index in [0.717, 1.165) is 12.1 Å². The summed E-state index contributed by atoms with van der Waals surface area (Å²) in [6.07, 6.45) is -3.24. The van der Waals surface area contributed by atoms with Gasteiger partial charge >= 0.3 is 12.1 Å². The number of nitrogens with one attached hydrogen (secondary N) is 1. The topological polar surface area (TPSA) is 139 Å². The van der Waals surface area contributed by atoms with Crippen LogP contribution in [0.4, 0.5) is 24.7 Å². The van der Waals surface area contributed by atoms with Crippen LogP contribution < -0.4 is 10.8 Å². The zero-order chi connectivity index (χ0) is 30.4. The molecule has 222 valence electrons. The predicted octanol–water partition coefficient (Wildman–Crippen LogP) is 5.47. The zero-order valence-corrected chi connectivity index (χ0v) is 24.1.